The number of hydrogen-bond acceptors (Lipinski definition) is 4. The number of halogens is 1. The van der Waals surface area contributed by atoms with Crippen LogP contribution < -0.4 is 14.8 Å². The largest absolute Gasteiger partial charge is 0.454 e. The lowest BCUT2D eigenvalue weighted by molar-refractivity contribution is -0.140. The molecule has 1 N–H and O–H groups in total. The van der Waals surface area contributed by atoms with Crippen LogP contribution in [0.4, 0.5) is 4.39 Å². The van der Waals surface area contributed by atoms with Gasteiger partial charge in [0.15, 0.2) is 11.5 Å². The van der Waals surface area contributed by atoms with Crippen LogP contribution in [0.15, 0.2) is 42.5 Å². The van der Waals surface area contributed by atoms with E-state index in [2.05, 4.69) is 5.32 Å². The minimum Gasteiger partial charge on any atom is -0.454 e. The molecule has 0 saturated carbocycles. The Labute approximate surface area is 163 Å². The number of carbonyl (C=O) groups excluding carboxylic acids is 2. The number of carbonyl (C=O) groups is 2. The van der Waals surface area contributed by atoms with Gasteiger partial charge in [0.2, 0.25) is 18.6 Å². The SMILES string of the molecule is CNC(=O)[C@@H](C)N(Cc1ccccc1F)C(=O)CCc1ccc2c(c1)OCO2. The number of likely N-dealkylation sites (N-methyl/N-ethyl adjacent to an activating group) is 1. The summed E-state index contributed by atoms with van der Waals surface area (Å²) in [5.41, 5.74) is 1.30. The summed E-state index contributed by atoms with van der Waals surface area (Å²) in [6, 6.07) is 11.1. The summed E-state index contributed by atoms with van der Waals surface area (Å²) in [6.45, 7) is 1.86. The van der Waals surface area contributed by atoms with Gasteiger partial charge in [0.05, 0.1) is 0 Å². The van der Waals surface area contributed by atoms with E-state index in [1.165, 1.54) is 18.0 Å². The van der Waals surface area contributed by atoms with E-state index < -0.39 is 11.9 Å². The molecule has 2 aromatic carbocycles. The summed E-state index contributed by atoms with van der Waals surface area (Å²) < 4.78 is 24.7. The van der Waals surface area contributed by atoms with E-state index in [-0.39, 0.29) is 31.6 Å². The van der Waals surface area contributed by atoms with Gasteiger partial charge in [-0.3, -0.25) is 9.59 Å². The maximum atomic E-state index is 14.1. The molecule has 0 fully saturated rings. The van der Waals surface area contributed by atoms with Crippen molar-refractivity contribution in [2.24, 2.45) is 0 Å². The zero-order chi connectivity index (χ0) is 20.1. The van der Waals surface area contributed by atoms with Crippen molar-refractivity contribution in [1.82, 2.24) is 10.2 Å². The molecule has 0 spiro atoms. The van der Waals surface area contributed by atoms with E-state index in [9.17, 15) is 14.0 Å². The molecule has 1 aliphatic heterocycles. The Morgan fingerprint density at radius 1 is 1.18 bits per heavy atom. The molecular formula is C21H23FN2O4. The Bertz CT molecular complexity index is 871. The van der Waals surface area contributed by atoms with Crippen LogP contribution in [0.3, 0.4) is 0 Å². The second kappa shape index (κ2) is 8.73. The third-order valence-corrected chi connectivity index (χ3v) is 4.78. The number of nitrogens with zero attached hydrogens (tertiary/aromatic N) is 1. The number of hydrogen-bond donors (Lipinski definition) is 1. The third kappa shape index (κ3) is 4.42. The maximum absolute atomic E-state index is 14.1. The summed E-state index contributed by atoms with van der Waals surface area (Å²) in [6.07, 6.45) is 0.666. The van der Waals surface area contributed by atoms with Crippen molar-refractivity contribution >= 4 is 11.8 Å². The van der Waals surface area contributed by atoms with Gasteiger partial charge in [0, 0.05) is 25.6 Å². The van der Waals surface area contributed by atoms with Crippen molar-refractivity contribution in [3.63, 3.8) is 0 Å². The molecule has 2 amide bonds. The Balaban J connectivity index is 1.72. The quantitative estimate of drug-likeness (QED) is 0.794. The summed E-state index contributed by atoms with van der Waals surface area (Å²) in [5, 5.41) is 2.55. The number of benzene rings is 2. The highest BCUT2D eigenvalue weighted by Gasteiger charge is 2.26. The van der Waals surface area contributed by atoms with Gasteiger partial charge in [-0.2, -0.15) is 0 Å². The molecule has 1 aliphatic rings. The van der Waals surface area contributed by atoms with E-state index in [1.807, 2.05) is 18.2 Å². The van der Waals surface area contributed by atoms with Gasteiger partial charge in [-0.25, -0.2) is 4.39 Å². The highest BCUT2D eigenvalue weighted by atomic mass is 19.1. The lowest BCUT2D eigenvalue weighted by atomic mass is 10.1. The minimum atomic E-state index is -0.714. The standard InChI is InChI=1S/C21H23FN2O4/c1-14(21(26)23-2)24(12-16-5-3-4-6-17(16)22)20(25)10-8-15-7-9-18-19(11-15)28-13-27-18/h3-7,9,11,14H,8,10,12-13H2,1-2H3,(H,23,26)/t14-/m1/s1. The molecule has 7 heteroatoms. The van der Waals surface area contributed by atoms with E-state index in [4.69, 9.17) is 9.47 Å². The molecule has 0 bridgehead atoms. The van der Waals surface area contributed by atoms with Crippen molar-refractivity contribution in [2.45, 2.75) is 32.4 Å². The summed E-state index contributed by atoms with van der Waals surface area (Å²) in [7, 11) is 1.51. The predicted octanol–water partition coefficient (Wildman–Crippen LogP) is 2.65. The summed E-state index contributed by atoms with van der Waals surface area (Å²) in [5.74, 6) is 0.418. The highest BCUT2D eigenvalue weighted by Crippen LogP contribution is 2.32. The average Bonchev–Trinajstić information content (AvgIpc) is 3.18. The van der Waals surface area contributed by atoms with Gasteiger partial charge in [-0.15, -0.1) is 0 Å². The number of rotatable bonds is 7. The van der Waals surface area contributed by atoms with Crippen LogP contribution in [0.1, 0.15) is 24.5 Å². The zero-order valence-electron chi connectivity index (χ0n) is 15.9. The number of fused-ring (bicyclic) bond motifs is 1. The molecule has 2 aromatic rings. The van der Waals surface area contributed by atoms with Gasteiger partial charge < -0.3 is 19.7 Å². The smallest absolute Gasteiger partial charge is 0.242 e. The second-order valence-corrected chi connectivity index (χ2v) is 6.59. The lowest BCUT2D eigenvalue weighted by Crippen LogP contribution is -2.46. The molecule has 0 aromatic heterocycles. The number of amides is 2. The Morgan fingerprint density at radius 2 is 1.93 bits per heavy atom. The van der Waals surface area contributed by atoms with Crippen LogP contribution >= 0.6 is 0 Å². The van der Waals surface area contributed by atoms with Crippen LogP contribution in [0, 0.1) is 5.82 Å². The van der Waals surface area contributed by atoms with E-state index in [1.54, 1.807) is 25.1 Å². The third-order valence-electron chi connectivity index (χ3n) is 4.78. The van der Waals surface area contributed by atoms with Crippen molar-refractivity contribution in [2.75, 3.05) is 13.8 Å². The Morgan fingerprint density at radius 3 is 2.68 bits per heavy atom. The van der Waals surface area contributed by atoms with Gasteiger partial charge in [-0.1, -0.05) is 24.3 Å². The van der Waals surface area contributed by atoms with Crippen molar-refractivity contribution < 1.29 is 23.5 Å². The first-order valence-corrected chi connectivity index (χ1v) is 9.12. The van der Waals surface area contributed by atoms with Crippen molar-refractivity contribution in [3.05, 3.63) is 59.4 Å². The van der Waals surface area contributed by atoms with Crippen LogP contribution in [-0.4, -0.2) is 36.6 Å². The monoisotopic (exact) mass is 386 g/mol. The minimum absolute atomic E-state index is 0.0290. The molecule has 3 rings (SSSR count). The summed E-state index contributed by atoms with van der Waals surface area (Å²) >= 11 is 0. The van der Waals surface area contributed by atoms with E-state index in [0.29, 0.717) is 23.5 Å². The topological polar surface area (TPSA) is 67.9 Å². The number of nitrogens with one attached hydrogen (secondary N) is 1. The van der Waals surface area contributed by atoms with E-state index in [0.717, 1.165) is 5.56 Å². The van der Waals surface area contributed by atoms with Gasteiger partial charge >= 0.3 is 0 Å². The lowest BCUT2D eigenvalue weighted by Gasteiger charge is -2.28. The molecule has 0 radical (unpaired) electrons. The highest BCUT2D eigenvalue weighted by molar-refractivity contribution is 5.87. The van der Waals surface area contributed by atoms with Gasteiger partial charge in [-0.05, 0) is 37.1 Å². The summed E-state index contributed by atoms with van der Waals surface area (Å²) in [4.78, 5) is 26.4. The molecule has 148 valence electrons. The Hall–Kier alpha value is -3.09. The molecule has 28 heavy (non-hydrogen) atoms. The van der Waals surface area contributed by atoms with Crippen LogP contribution in [0.5, 0.6) is 11.5 Å². The second-order valence-electron chi connectivity index (χ2n) is 6.59. The molecule has 0 unspecified atom stereocenters. The fourth-order valence-electron chi connectivity index (χ4n) is 3.09. The van der Waals surface area contributed by atoms with Crippen LogP contribution in [0.2, 0.25) is 0 Å². The molecular weight excluding hydrogens is 363 g/mol. The molecule has 0 aliphatic carbocycles. The van der Waals surface area contributed by atoms with Crippen molar-refractivity contribution in [3.8, 4) is 11.5 Å². The van der Waals surface area contributed by atoms with Crippen LogP contribution in [-0.2, 0) is 22.6 Å². The fourth-order valence-corrected chi connectivity index (χ4v) is 3.09. The van der Waals surface area contributed by atoms with Gasteiger partial charge in [0.1, 0.15) is 11.9 Å². The molecule has 1 heterocycles. The molecule has 1 atom stereocenters. The predicted molar refractivity (Wildman–Crippen MR) is 101 cm³/mol. The average molecular weight is 386 g/mol. The Kier molecular flexibility index (Phi) is 6.13. The zero-order valence-corrected chi connectivity index (χ0v) is 15.9. The number of ether oxygens (including phenoxy) is 2. The van der Waals surface area contributed by atoms with Gasteiger partial charge in [0.25, 0.3) is 0 Å². The van der Waals surface area contributed by atoms with Crippen molar-refractivity contribution in [1.29, 1.82) is 0 Å². The van der Waals surface area contributed by atoms with Crippen LogP contribution in [0.25, 0.3) is 0 Å². The molecule has 6 nitrogen and oxygen atoms in total. The first kappa shape index (κ1) is 19.7. The number of aryl methyl sites for hydroxylation is 1. The molecule has 0 saturated heterocycles. The first-order valence-electron chi connectivity index (χ1n) is 9.12. The fraction of sp³-hybridized carbons (Fsp3) is 0.333. The first-order chi connectivity index (χ1) is 13.5. The normalized spacial score (nSPS) is 13.1. The van der Waals surface area contributed by atoms with E-state index >= 15 is 0 Å². The maximum Gasteiger partial charge on any atom is 0.242 e.